The third-order valence-corrected chi connectivity index (χ3v) is 6.85. The van der Waals surface area contributed by atoms with Crippen molar-refractivity contribution in [2.24, 2.45) is 5.92 Å². The predicted molar refractivity (Wildman–Crippen MR) is 103 cm³/mol. The molecule has 1 saturated heterocycles. The van der Waals surface area contributed by atoms with Gasteiger partial charge in [0.2, 0.25) is 15.9 Å². The van der Waals surface area contributed by atoms with Crippen LogP contribution in [0, 0.1) is 17.2 Å². The van der Waals surface area contributed by atoms with E-state index in [1.807, 2.05) is 6.07 Å². The first kappa shape index (κ1) is 19.9. The molecule has 1 amide bonds. The first-order valence-electron chi connectivity index (χ1n) is 8.97. The molecule has 2 aromatic carbocycles. The number of benzene rings is 2. The van der Waals surface area contributed by atoms with Crippen LogP contribution in [0.25, 0.3) is 0 Å². The quantitative estimate of drug-likeness (QED) is 0.799. The van der Waals surface area contributed by atoms with Crippen molar-refractivity contribution in [1.29, 1.82) is 5.26 Å². The van der Waals surface area contributed by atoms with Gasteiger partial charge in [-0.25, -0.2) is 8.42 Å². The molecule has 28 heavy (non-hydrogen) atoms. The molecule has 146 valence electrons. The summed E-state index contributed by atoms with van der Waals surface area (Å²) in [6.45, 7) is 0.660. The number of phenols is 1. The van der Waals surface area contributed by atoms with Gasteiger partial charge in [0.15, 0.2) is 0 Å². The molecule has 0 bridgehead atoms. The molecule has 1 heterocycles. The molecule has 3 rings (SSSR count). The van der Waals surface area contributed by atoms with Crippen LogP contribution in [-0.2, 0) is 21.4 Å². The fourth-order valence-electron chi connectivity index (χ4n) is 3.27. The summed E-state index contributed by atoms with van der Waals surface area (Å²) in [6.07, 6.45) is 0.807. The van der Waals surface area contributed by atoms with Crippen molar-refractivity contribution in [2.45, 2.75) is 24.3 Å². The van der Waals surface area contributed by atoms with Gasteiger partial charge in [-0.1, -0.05) is 30.3 Å². The largest absolute Gasteiger partial charge is 0.508 e. The lowest BCUT2D eigenvalue weighted by Crippen LogP contribution is -2.43. The number of nitrogens with zero attached hydrogens (tertiary/aromatic N) is 2. The summed E-state index contributed by atoms with van der Waals surface area (Å²) in [4.78, 5) is 12.4. The van der Waals surface area contributed by atoms with Crippen LogP contribution < -0.4 is 5.32 Å². The second kappa shape index (κ2) is 8.42. The van der Waals surface area contributed by atoms with Crippen molar-refractivity contribution >= 4 is 15.9 Å². The summed E-state index contributed by atoms with van der Waals surface area (Å²) < 4.78 is 27.0. The number of carbonyl (C=O) groups is 1. The number of sulfonamides is 1. The zero-order chi connectivity index (χ0) is 20.1. The van der Waals surface area contributed by atoms with Gasteiger partial charge in [0.1, 0.15) is 11.8 Å². The van der Waals surface area contributed by atoms with E-state index in [0.717, 1.165) is 0 Å². The molecule has 1 aliphatic heterocycles. The van der Waals surface area contributed by atoms with E-state index in [-0.39, 0.29) is 47.7 Å². The van der Waals surface area contributed by atoms with Gasteiger partial charge in [0.25, 0.3) is 0 Å². The minimum Gasteiger partial charge on any atom is -0.508 e. The van der Waals surface area contributed by atoms with Gasteiger partial charge < -0.3 is 10.4 Å². The van der Waals surface area contributed by atoms with Gasteiger partial charge >= 0.3 is 0 Å². The Morgan fingerprint density at radius 1 is 1.14 bits per heavy atom. The van der Waals surface area contributed by atoms with Crippen LogP contribution in [-0.4, -0.2) is 36.8 Å². The average molecular weight is 399 g/mol. The molecule has 0 spiro atoms. The number of nitriles is 1. The highest BCUT2D eigenvalue weighted by Crippen LogP contribution is 2.26. The molecule has 0 aliphatic carbocycles. The lowest BCUT2D eigenvalue weighted by atomic mass is 9.97. The van der Waals surface area contributed by atoms with Crippen molar-refractivity contribution in [1.82, 2.24) is 9.62 Å². The summed E-state index contributed by atoms with van der Waals surface area (Å²) in [5.74, 6) is -0.318. The Kier molecular flexibility index (Phi) is 5.97. The molecule has 2 N–H and O–H groups in total. The number of hydrogen-bond donors (Lipinski definition) is 2. The Bertz CT molecular complexity index is 1010. The van der Waals surface area contributed by atoms with Crippen LogP contribution in [0.15, 0.2) is 53.4 Å². The van der Waals surface area contributed by atoms with Gasteiger partial charge in [-0.05, 0) is 31.0 Å². The summed E-state index contributed by atoms with van der Waals surface area (Å²) in [5, 5.41) is 21.7. The smallest absolute Gasteiger partial charge is 0.244 e. The standard InChI is InChI=1S/C20H21N3O4S/c21-13-16-5-2-4-8-19(16)28(26,27)23-11-9-15(10-12-23)20(25)22-14-17-6-1-3-7-18(17)24/h1-8,15,24H,9-12,14H2,(H,22,25). The Labute approximate surface area is 164 Å². The third kappa shape index (κ3) is 4.16. The molecule has 0 atom stereocenters. The maximum atomic E-state index is 12.8. The first-order valence-corrected chi connectivity index (χ1v) is 10.4. The zero-order valence-corrected chi connectivity index (χ0v) is 16.0. The van der Waals surface area contributed by atoms with E-state index in [0.29, 0.717) is 18.4 Å². The molecule has 0 unspecified atom stereocenters. The van der Waals surface area contributed by atoms with Crippen LogP contribution in [0.3, 0.4) is 0 Å². The summed E-state index contributed by atoms with van der Waals surface area (Å²) >= 11 is 0. The Balaban J connectivity index is 1.60. The normalized spacial score (nSPS) is 15.7. The maximum absolute atomic E-state index is 12.8. The van der Waals surface area contributed by atoms with Crippen molar-refractivity contribution in [3.8, 4) is 11.8 Å². The minimum absolute atomic E-state index is 0.0000423. The first-order chi connectivity index (χ1) is 13.4. The number of aromatic hydroxyl groups is 1. The fourth-order valence-corrected chi connectivity index (χ4v) is 4.88. The molecular formula is C20H21N3O4S. The molecule has 1 fully saturated rings. The number of para-hydroxylation sites is 1. The molecule has 0 radical (unpaired) electrons. The third-order valence-electron chi connectivity index (χ3n) is 4.89. The van der Waals surface area contributed by atoms with E-state index in [4.69, 9.17) is 5.26 Å². The number of hydrogen-bond acceptors (Lipinski definition) is 5. The highest BCUT2D eigenvalue weighted by atomic mass is 32.2. The summed E-state index contributed by atoms with van der Waals surface area (Å²) in [5.41, 5.74) is 0.744. The maximum Gasteiger partial charge on any atom is 0.244 e. The van der Waals surface area contributed by atoms with Gasteiger partial charge in [0.05, 0.1) is 10.5 Å². The van der Waals surface area contributed by atoms with Crippen molar-refractivity contribution < 1.29 is 18.3 Å². The van der Waals surface area contributed by atoms with E-state index < -0.39 is 10.0 Å². The van der Waals surface area contributed by atoms with E-state index in [9.17, 15) is 18.3 Å². The van der Waals surface area contributed by atoms with E-state index >= 15 is 0 Å². The number of rotatable bonds is 5. The second-order valence-electron chi connectivity index (χ2n) is 6.63. The SMILES string of the molecule is N#Cc1ccccc1S(=O)(=O)N1CCC(C(=O)NCc2ccccc2O)CC1. The minimum atomic E-state index is -3.77. The highest BCUT2D eigenvalue weighted by Gasteiger charge is 2.33. The second-order valence-corrected chi connectivity index (χ2v) is 8.54. The van der Waals surface area contributed by atoms with E-state index in [2.05, 4.69) is 5.32 Å². The fraction of sp³-hybridized carbons (Fsp3) is 0.300. The van der Waals surface area contributed by atoms with Crippen LogP contribution in [0.1, 0.15) is 24.0 Å². The average Bonchev–Trinajstić information content (AvgIpc) is 2.73. The lowest BCUT2D eigenvalue weighted by Gasteiger charge is -2.30. The Morgan fingerprint density at radius 3 is 2.46 bits per heavy atom. The van der Waals surface area contributed by atoms with Crippen LogP contribution in [0.5, 0.6) is 5.75 Å². The van der Waals surface area contributed by atoms with Crippen LogP contribution in [0.2, 0.25) is 0 Å². The van der Waals surface area contributed by atoms with Gasteiger partial charge in [0, 0.05) is 31.1 Å². The predicted octanol–water partition coefficient (Wildman–Crippen LogP) is 1.98. The molecule has 2 aromatic rings. The molecule has 0 aromatic heterocycles. The molecule has 1 aliphatic rings. The highest BCUT2D eigenvalue weighted by molar-refractivity contribution is 7.89. The molecule has 7 nitrogen and oxygen atoms in total. The number of carbonyl (C=O) groups excluding carboxylic acids is 1. The van der Waals surface area contributed by atoms with Crippen LogP contribution >= 0.6 is 0 Å². The number of piperidine rings is 1. The van der Waals surface area contributed by atoms with Gasteiger partial charge in [-0.2, -0.15) is 9.57 Å². The molecular weight excluding hydrogens is 378 g/mol. The van der Waals surface area contributed by atoms with E-state index in [1.54, 1.807) is 36.4 Å². The number of phenolic OH excluding ortho intramolecular Hbond substituents is 1. The monoisotopic (exact) mass is 399 g/mol. The lowest BCUT2D eigenvalue weighted by molar-refractivity contribution is -0.126. The zero-order valence-electron chi connectivity index (χ0n) is 15.2. The summed E-state index contributed by atoms with van der Waals surface area (Å²) in [6, 6.07) is 14.8. The Morgan fingerprint density at radius 2 is 1.79 bits per heavy atom. The van der Waals surface area contributed by atoms with Gasteiger partial charge in [-0.3, -0.25) is 4.79 Å². The Hall–Kier alpha value is -2.89. The summed E-state index contributed by atoms with van der Waals surface area (Å²) in [7, 11) is -3.77. The van der Waals surface area contributed by atoms with Crippen molar-refractivity contribution in [3.63, 3.8) is 0 Å². The van der Waals surface area contributed by atoms with E-state index in [1.165, 1.54) is 16.4 Å². The molecule has 8 heteroatoms. The number of nitrogens with one attached hydrogen (secondary N) is 1. The van der Waals surface area contributed by atoms with Crippen molar-refractivity contribution in [2.75, 3.05) is 13.1 Å². The molecule has 0 saturated carbocycles. The van der Waals surface area contributed by atoms with Gasteiger partial charge in [-0.15, -0.1) is 0 Å². The van der Waals surface area contributed by atoms with Crippen molar-refractivity contribution in [3.05, 3.63) is 59.7 Å². The number of amides is 1. The topological polar surface area (TPSA) is 111 Å². The van der Waals surface area contributed by atoms with Crippen LogP contribution in [0.4, 0.5) is 0 Å².